The standard InChI is InChI=1S/C28H33ClF3N3O3/c1-18-22(11-14-34(3)25(37)27(38,28(30,31)32)19-7-5-4-6-8-19)26(18)12-15-35(16-13-26)20-9-10-21(23(29)17-20)24(36)33-2/h4-10,17-18,22,38H,11-16H2,1-3H3,(H,33,36)/t18-,22+,27+/m0/s1. The summed E-state index contributed by atoms with van der Waals surface area (Å²) in [5, 5.41) is 13.6. The average Bonchev–Trinajstić information content (AvgIpc) is 3.45. The largest absolute Gasteiger partial charge is 0.430 e. The van der Waals surface area contributed by atoms with E-state index in [4.69, 9.17) is 11.6 Å². The van der Waals surface area contributed by atoms with E-state index in [1.54, 1.807) is 19.2 Å². The van der Waals surface area contributed by atoms with Crippen molar-refractivity contribution >= 4 is 29.1 Å². The third-order valence-electron chi connectivity index (χ3n) is 8.66. The van der Waals surface area contributed by atoms with Crippen molar-refractivity contribution < 1.29 is 27.9 Å². The Morgan fingerprint density at radius 1 is 1.16 bits per heavy atom. The van der Waals surface area contributed by atoms with Crippen LogP contribution in [0.5, 0.6) is 0 Å². The summed E-state index contributed by atoms with van der Waals surface area (Å²) in [6, 6.07) is 11.9. The molecule has 2 aromatic carbocycles. The number of hydrogen-bond acceptors (Lipinski definition) is 4. The molecule has 3 atom stereocenters. The van der Waals surface area contributed by atoms with Crippen LogP contribution in [0.2, 0.25) is 5.02 Å². The smallest absolute Gasteiger partial charge is 0.371 e. The second-order valence-electron chi connectivity index (χ2n) is 10.4. The van der Waals surface area contributed by atoms with Crippen molar-refractivity contribution in [3.8, 4) is 0 Å². The van der Waals surface area contributed by atoms with Gasteiger partial charge in [-0.25, -0.2) is 0 Å². The number of benzene rings is 2. The number of hydrogen-bond donors (Lipinski definition) is 2. The zero-order valence-electron chi connectivity index (χ0n) is 21.7. The Labute approximate surface area is 225 Å². The summed E-state index contributed by atoms with van der Waals surface area (Å²) in [4.78, 5) is 28.1. The minimum atomic E-state index is -5.15. The Morgan fingerprint density at radius 2 is 1.79 bits per heavy atom. The Hall–Kier alpha value is -2.78. The SMILES string of the molecule is CNC(=O)c1ccc(N2CCC3(CC2)[C@H](CCN(C)C(=O)[C@](O)(c2ccccc2)C(F)(F)F)[C@@H]3C)cc1Cl. The van der Waals surface area contributed by atoms with E-state index in [1.807, 2.05) is 6.07 Å². The van der Waals surface area contributed by atoms with Crippen LogP contribution in [0.1, 0.15) is 42.1 Å². The molecule has 1 aliphatic heterocycles. The monoisotopic (exact) mass is 551 g/mol. The summed E-state index contributed by atoms with van der Waals surface area (Å²) in [6.07, 6.45) is -2.75. The van der Waals surface area contributed by atoms with E-state index < -0.39 is 23.2 Å². The van der Waals surface area contributed by atoms with E-state index in [0.29, 0.717) is 22.9 Å². The van der Waals surface area contributed by atoms with Crippen molar-refractivity contribution in [2.45, 2.75) is 38.0 Å². The van der Waals surface area contributed by atoms with E-state index in [2.05, 4.69) is 17.1 Å². The van der Waals surface area contributed by atoms with Gasteiger partial charge in [-0.3, -0.25) is 9.59 Å². The highest BCUT2D eigenvalue weighted by molar-refractivity contribution is 6.34. The molecule has 0 radical (unpaired) electrons. The Morgan fingerprint density at radius 3 is 2.34 bits per heavy atom. The van der Waals surface area contributed by atoms with Crippen LogP contribution < -0.4 is 10.2 Å². The van der Waals surface area contributed by atoms with Gasteiger partial charge >= 0.3 is 6.18 Å². The molecule has 1 saturated carbocycles. The van der Waals surface area contributed by atoms with E-state index in [0.717, 1.165) is 48.7 Å². The fraction of sp³-hybridized carbons (Fsp3) is 0.500. The van der Waals surface area contributed by atoms with Crippen molar-refractivity contribution in [2.24, 2.45) is 17.3 Å². The molecule has 2 N–H and O–H groups in total. The first kappa shape index (κ1) is 28.2. The van der Waals surface area contributed by atoms with Gasteiger partial charge in [0.15, 0.2) is 0 Å². The summed E-state index contributed by atoms with van der Waals surface area (Å²) in [7, 11) is 2.87. The van der Waals surface area contributed by atoms with E-state index in [9.17, 15) is 27.9 Å². The first-order chi connectivity index (χ1) is 17.9. The van der Waals surface area contributed by atoms with Crippen LogP contribution in [0.25, 0.3) is 0 Å². The van der Waals surface area contributed by atoms with Gasteiger partial charge in [0.2, 0.25) is 0 Å². The number of anilines is 1. The van der Waals surface area contributed by atoms with Gasteiger partial charge in [-0.2, -0.15) is 13.2 Å². The highest BCUT2D eigenvalue weighted by Crippen LogP contribution is 2.66. The number of alkyl halides is 3. The zero-order chi connectivity index (χ0) is 27.9. The Balaban J connectivity index is 1.37. The fourth-order valence-corrected chi connectivity index (χ4v) is 6.43. The minimum Gasteiger partial charge on any atom is -0.371 e. The fourth-order valence-electron chi connectivity index (χ4n) is 6.16. The lowest BCUT2D eigenvalue weighted by Crippen LogP contribution is -2.55. The number of rotatable bonds is 7. The van der Waals surface area contributed by atoms with E-state index in [1.165, 1.54) is 25.2 Å². The van der Waals surface area contributed by atoms with Gasteiger partial charge in [0, 0.05) is 45.0 Å². The number of likely N-dealkylation sites (N-methyl/N-ethyl adjacent to an activating group) is 1. The van der Waals surface area contributed by atoms with Crippen molar-refractivity contribution in [3.63, 3.8) is 0 Å². The Kier molecular flexibility index (Phi) is 7.74. The maximum Gasteiger partial charge on any atom is 0.430 e. The van der Waals surface area contributed by atoms with Gasteiger partial charge in [0.25, 0.3) is 17.4 Å². The Bertz CT molecular complexity index is 1180. The second kappa shape index (κ2) is 10.4. The van der Waals surface area contributed by atoms with Crippen LogP contribution in [0.4, 0.5) is 18.9 Å². The number of piperidine rings is 1. The normalized spacial score (nSPS) is 22.1. The number of aliphatic hydroxyl groups is 1. The molecule has 0 unspecified atom stereocenters. The third-order valence-corrected chi connectivity index (χ3v) is 8.97. The molecule has 6 nitrogen and oxygen atoms in total. The van der Waals surface area contributed by atoms with Crippen molar-refractivity contribution in [1.29, 1.82) is 0 Å². The van der Waals surface area contributed by atoms with Crippen molar-refractivity contribution in [2.75, 3.05) is 38.6 Å². The van der Waals surface area contributed by atoms with Crippen LogP contribution in [0.3, 0.4) is 0 Å². The number of halogens is 4. The van der Waals surface area contributed by atoms with Crippen LogP contribution in [-0.4, -0.2) is 61.7 Å². The van der Waals surface area contributed by atoms with E-state index >= 15 is 0 Å². The maximum atomic E-state index is 13.9. The number of nitrogens with one attached hydrogen (secondary N) is 1. The molecule has 2 amide bonds. The maximum absolute atomic E-state index is 13.9. The molecule has 206 valence electrons. The molecule has 1 spiro atoms. The summed E-state index contributed by atoms with van der Waals surface area (Å²) in [6.45, 7) is 3.88. The first-order valence-corrected chi connectivity index (χ1v) is 13.1. The molecule has 1 saturated heterocycles. The van der Waals surface area contributed by atoms with Gasteiger partial charge < -0.3 is 20.2 Å². The second-order valence-corrected chi connectivity index (χ2v) is 10.9. The lowest BCUT2D eigenvalue weighted by Gasteiger charge is -2.36. The number of nitrogens with zero attached hydrogens (tertiary/aromatic N) is 2. The quantitative estimate of drug-likeness (QED) is 0.516. The molecule has 1 heterocycles. The topological polar surface area (TPSA) is 72.9 Å². The van der Waals surface area contributed by atoms with Crippen LogP contribution >= 0.6 is 11.6 Å². The molecule has 1 aliphatic carbocycles. The minimum absolute atomic E-state index is 0.0893. The number of amides is 2. The van der Waals surface area contributed by atoms with Crippen LogP contribution in [0.15, 0.2) is 48.5 Å². The molecule has 2 aromatic rings. The highest BCUT2D eigenvalue weighted by atomic mass is 35.5. The first-order valence-electron chi connectivity index (χ1n) is 12.7. The van der Waals surface area contributed by atoms with Gasteiger partial charge in [0.1, 0.15) is 0 Å². The number of carbonyl (C=O) groups excluding carboxylic acids is 2. The number of carbonyl (C=O) groups is 2. The lowest BCUT2D eigenvalue weighted by molar-refractivity contribution is -0.261. The molecule has 2 fully saturated rings. The third kappa shape index (κ3) is 4.86. The summed E-state index contributed by atoms with van der Waals surface area (Å²) >= 11 is 6.32. The van der Waals surface area contributed by atoms with Gasteiger partial charge in [-0.05, 0) is 54.7 Å². The summed E-state index contributed by atoms with van der Waals surface area (Å²) in [5.74, 6) is -0.932. The summed E-state index contributed by atoms with van der Waals surface area (Å²) < 4.78 is 41.7. The highest BCUT2D eigenvalue weighted by Gasteiger charge is 2.63. The molecule has 0 aromatic heterocycles. The van der Waals surface area contributed by atoms with Crippen LogP contribution in [0, 0.1) is 17.3 Å². The summed E-state index contributed by atoms with van der Waals surface area (Å²) in [5.41, 5.74) is -2.62. The van der Waals surface area contributed by atoms with E-state index in [-0.39, 0.29) is 23.8 Å². The molecule has 0 bridgehead atoms. The predicted molar refractivity (Wildman–Crippen MR) is 140 cm³/mol. The molecular weight excluding hydrogens is 519 g/mol. The average molecular weight is 552 g/mol. The van der Waals surface area contributed by atoms with Gasteiger partial charge in [0.05, 0.1) is 10.6 Å². The molecule has 38 heavy (non-hydrogen) atoms. The van der Waals surface area contributed by atoms with Crippen molar-refractivity contribution in [1.82, 2.24) is 10.2 Å². The zero-order valence-corrected chi connectivity index (χ0v) is 22.4. The lowest BCUT2D eigenvalue weighted by atomic mass is 9.88. The molecular formula is C28H33ClF3N3O3. The van der Waals surface area contributed by atoms with Gasteiger partial charge in [-0.1, -0.05) is 48.9 Å². The predicted octanol–water partition coefficient (Wildman–Crippen LogP) is 4.85. The molecule has 10 heteroatoms. The molecule has 2 aliphatic rings. The van der Waals surface area contributed by atoms with Crippen LogP contribution in [-0.2, 0) is 10.4 Å². The van der Waals surface area contributed by atoms with Crippen molar-refractivity contribution in [3.05, 3.63) is 64.7 Å². The molecule has 4 rings (SSSR count). The van der Waals surface area contributed by atoms with Gasteiger partial charge in [-0.15, -0.1) is 0 Å².